The van der Waals surface area contributed by atoms with Crippen LogP contribution in [0.2, 0.25) is 0 Å². The molecule has 30 heavy (non-hydrogen) atoms. The first-order valence-electron chi connectivity index (χ1n) is 11.9. The number of rotatable bonds is 12. The quantitative estimate of drug-likeness (QED) is 0.184. The van der Waals surface area contributed by atoms with Gasteiger partial charge in [-0.1, -0.05) is 49.9 Å². The minimum Gasteiger partial charge on any atom is -0.340 e. The molecule has 2 atom stereocenters. The molecule has 7 heteroatoms. The third-order valence-corrected chi connectivity index (χ3v) is 6.97. The Morgan fingerprint density at radius 1 is 0.967 bits per heavy atom. The lowest BCUT2D eigenvalue weighted by molar-refractivity contribution is -0.166. The van der Waals surface area contributed by atoms with Gasteiger partial charge in [0.05, 0.1) is 18.9 Å². The summed E-state index contributed by atoms with van der Waals surface area (Å²) in [4.78, 5) is 4.82. The van der Waals surface area contributed by atoms with Crippen LogP contribution in [0, 0.1) is 0 Å². The van der Waals surface area contributed by atoms with Gasteiger partial charge in [-0.25, -0.2) is 4.99 Å². The van der Waals surface area contributed by atoms with Gasteiger partial charge in [-0.2, -0.15) is 0 Å². The number of hydrogen-bond donors (Lipinski definition) is 2. The normalized spacial score (nSPS) is 27.9. The maximum Gasteiger partial charge on any atom is 0.229 e. The highest BCUT2D eigenvalue weighted by Crippen LogP contribution is 2.43. The summed E-state index contributed by atoms with van der Waals surface area (Å²) in [6, 6.07) is 0.711. The molecule has 172 valence electrons. The maximum absolute atomic E-state index is 6.70. The van der Waals surface area contributed by atoms with E-state index in [0.717, 1.165) is 75.7 Å². The van der Waals surface area contributed by atoms with E-state index < -0.39 is 10.2 Å². The molecular weight excluding hydrogens is 421 g/mol. The molecule has 0 saturated carbocycles. The standard InChI is InChI=1S/C23H39Cl2N3O2/c1-3-5-9-18-15-22(29-16-19-10-7-13-26-19,30-17-20-11-8-14-27-20)21(12-6-4-2)28-23(18,24)25/h15,19-20,26-27H,3-14,16-17H2,1-2H3/t19-,20-/m0/s1. The Morgan fingerprint density at radius 3 is 2.03 bits per heavy atom. The van der Waals surface area contributed by atoms with Crippen LogP contribution >= 0.6 is 23.2 Å². The lowest BCUT2D eigenvalue weighted by atomic mass is 9.95. The first kappa shape index (κ1) is 24.5. The van der Waals surface area contributed by atoms with E-state index in [1.54, 1.807) is 0 Å². The van der Waals surface area contributed by atoms with Crippen molar-refractivity contribution in [3.63, 3.8) is 0 Å². The molecule has 3 rings (SSSR count). The van der Waals surface area contributed by atoms with Crippen molar-refractivity contribution in [2.75, 3.05) is 26.3 Å². The number of ether oxygens (including phenoxy) is 2. The molecule has 5 nitrogen and oxygen atoms in total. The number of aliphatic imine (C=N–C) groups is 1. The van der Waals surface area contributed by atoms with Gasteiger partial charge >= 0.3 is 0 Å². The minimum atomic E-state index is -1.23. The van der Waals surface area contributed by atoms with Crippen molar-refractivity contribution >= 4 is 28.9 Å². The van der Waals surface area contributed by atoms with Crippen LogP contribution in [0.1, 0.15) is 78.1 Å². The van der Waals surface area contributed by atoms with Crippen LogP contribution in [-0.2, 0) is 9.47 Å². The second-order valence-electron chi connectivity index (χ2n) is 8.85. The third-order valence-electron chi connectivity index (χ3n) is 6.32. The Hall–Kier alpha value is -0.170. The van der Waals surface area contributed by atoms with Gasteiger partial charge in [0.25, 0.3) is 0 Å². The first-order valence-corrected chi connectivity index (χ1v) is 12.7. The van der Waals surface area contributed by atoms with Crippen LogP contribution in [0.4, 0.5) is 0 Å². The molecule has 3 aliphatic heterocycles. The zero-order valence-corrected chi connectivity index (χ0v) is 20.2. The molecule has 0 aromatic rings. The Kier molecular flexibility index (Phi) is 9.48. The van der Waals surface area contributed by atoms with E-state index in [2.05, 4.69) is 30.6 Å². The molecule has 0 bridgehead atoms. The second-order valence-corrected chi connectivity index (χ2v) is 10.1. The monoisotopic (exact) mass is 459 g/mol. The van der Waals surface area contributed by atoms with Crippen LogP contribution in [0.25, 0.3) is 0 Å². The van der Waals surface area contributed by atoms with Crippen molar-refractivity contribution in [3.05, 3.63) is 11.6 Å². The summed E-state index contributed by atoms with van der Waals surface area (Å²) < 4.78 is 12.0. The number of unbranched alkanes of at least 4 members (excludes halogenated alkanes) is 2. The molecule has 0 spiro atoms. The van der Waals surface area contributed by atoms with Crippen molar-refractivity contribution in [2.45, 2.75) is 100 Å². The summed E-state index contributed by atoms with van der Waals surface area (Å²) in [6.45, 7) is 7.64. The topological polar surface area (TPSA) is 54.9 Å². The molecule has 3 aliphatic rings. The predicted molar refractivity (Wildman–Crippen MR) is 126 cm³/mol. The Balaban J connectivity index is 1.87. The number of hydrogen-bond acceptors (Lipinski definition) is 5. The molecule has 0 radical (unpaired) electrons. The van der Waals surface area contributed by atoms with Gasteiger partial charge in [0.2, 0.25) is 10.2 Å². The number of dihydropyridines is 1. The molecule has 2 fully saturated rings. The largest absolute Gasteiger partial charge is 0.340 e. The first-order chi connectivity index (χ1) is 14.5. The summed E-state index contributed by atoms with van der Waals surface area (Å²) in [5.41, 5.74) is 1.72. The fourth-order valence-electron chi connectivity index (χ4n) is 4.42. The molecule has 0 aliphatic carbocycles. The number of halogens is 2. The average molecular weight is 460 g/mol. The lowest BCUT2D eigenvalue weighted by Gasteiger charge is -2.40. The molecule has 3 heterocycles. The van der Waals surface area contributed by atoms with Gasteiger partial charge in [-0.05, 0) is 76.1 Å². The Morgan fingerprint density at radius 2 is 1.53 bits per heavy atom. The summed E-state index contributed by atoms with van der Waals surface area (Å²) in [5, 5.41) is 7.05. The van der Waals surface area contributed by atoms with E-state index in [-0.39, 0.29) is 0 Å². The minimum absolute atomic E-state index is 0.355. The molecule has 2 N–H and O–H groups in total. The SMILES string of the molecule is CCCCC1=CC(OC[C@@H]2CCCN2)(OC[C@@H]2CCCN2)C(CCCC)=NC1(Cl)Cl. The van der Waals surface area contributed by atoms with E-state index in [1.807, 2.05) is 0 Å². The Labute approximate surface area is 192 Å². The van der Waals surface area contributed by atoms with Crippen molar-refractivity contribution in [3.8, 4) is 0 Å². The zero-order valence-electron chi connectivity index (χ0n) is 18.7. The molecular formula is C23H39Cl2N3O2. The molecule has 0 aromatic heterocycles. The van der Waals surface area contributed by atoms with E-state index >= 15 is 0 Å². The summed E-state index contributed by atoms with van der Waals surface area (Å²) in [6.07, 6.45) is 12.4. The van der Waals surface area contributed by atoms with Crippen molar-refractivity contribution < 1.29 is 9.47 Å². The fourth-order valence-corrected chi connectivity index (χ4v) is 4.92. The van der Waals surface area contributed by atoms with Gasteiger partial charge in [0.1, 0.15) is 0 Å². The van der Waals surface area contributed by atoms with Crippen molar-refractivity contribution in [1.82, 2.24) is 10.6 Å². The van der Waals surface area contributed by atoms with Crippen LogP contribution < -0.4 is 10.6 Å². The van der Waals surface area contributed by atoms with E-state index in [9.17, 15) is 0 Å². The Bertz CT molecular complexity index is 577. The van der Waals surface area contributed by atoms with Crippen LogP contribution in [-0.4, -0.2) is 54.3 Å². The zero-order chi connectivity index (χ0) is 21.5. The predicted octanol–water partition coefficient (Wildman–Crippen LogP) is 5.11. The third kappa shape index (κ3) is 6.43. The van der Waals surface area contributed by atoms with Gasteiger partial charge < -0.3 is 20.1 Å². The highest BCUT2D eigenvalue weighted by Gasteiger charge is 2.46. The fraction of sp³-hybridized carbons (Fsp3) is 0.870. The highest BCUT2D eigenvalue weighted by molar-refractivity contribution is 6.51. The number of nitrogens with zero attached hydrogens (tertiary/aromatic N) is 1. The average Bonchev–Trinajstić information content (AvgIpc) is 3.43. The van der Waals surface area contributed by atoms with E-state index in [4.69, 9.17) is 37.7 Å². The maximum atomic E-state index is 6.70. The van der Waals surface area contributed by atoms with E-state index in [1.165, 1.54) is 12.8 Å². The number of alkyl halides is 2. The van der Waals surface area contributed by atoms with Gasteiger partial charge in [0, 0.05) is 12.1 Å². The van der Waals surface area contributed by atoms with Gasteiger partial charge in [-0.15, -0.1) is 0 Å². The molecule has 0 unspecified atom stereocenters. The van der Waals surface area contributed by atoms with Crippen molar-refractivity contribution in [1.29, 1.82) is 0 Å². The van der Waals surface area contributed by atoms with Crippen LogP contribution in [0.15, 0.2) is 16.6 Å². The molecule has 0 aromatic carbocycles. The molecule has 0 amide bonds. The van der Waals surface area contributed by atoms with Gasteiger partial charge in [0.15, 0.2) is 0 Å². The van der Waals surface area contributed by atoms with Crippen LogP contribution in [0.3, 0.4) is 0 Å². The summed E-state index contributed by atoms with van der Waals surface area (Å²) >= 11 is 13.4. The second kappa shape index (κ2) is 11.6. The summed E-state index contributed by atoms with van der Waals surface area (Å²) in [5.74, 6) is -0.972. The smallest absolute Gasteiger partial charge is 0.229 e. The van der Waals surface area contributed by atoms with E-state index in [0.29, 0.717) is 25.3 Å². The lowest BCUT2D eigenvalue weighted by Crippen LogP contribution is -2.50. The van der Waals surface area contributed by atoms with Gasteiger partial charge in [-0.3, -0.25) is 0 Å². The number of nitrogens with one attached hydrogen (secondary N) is 2. The van der Waals surface area contributed by atoms with Crippen LogP contribution in [0.5, 0.6) is 0 Å². The van der Waals surface area contributed by atoms with Crippen molar-refractivity contribution in [2.24, 2.45) is 4.99 Å². The highest BCUT2D eigenvalue weighted by atomic mass is 35.5. The summed E-state index contributed by atoms with van der Waals surface area (Å²) in [7, 11) is 0. The molecule has 2 saturated heterocycles.